The van der Waals surface area contributed by atoms with Crippen molar-refractivity contribution in [2.75, 3.05) is 19.8 Å². The van der Waals surface area contributed by atoms with Crippen LogP contribution < -0.4 is 4.74 Å². The van der Waals surface area contributed by atoms with Crippen LogP contribution in [0.1, 0.15) is 118 Å². The molecule has 0 N–H and O–H groups in total. The van der Waals surface area contributed by atoms with Gasteiger partial charge in [-0.1, -0.05) is 103 Å². The Hall–Kier alpha value is -3.17. The number of hydrogen-bond donors (Lipinski definition) is 0. The van der Waals surface area contributed by atoms with Crippen LogP contribution in [-0.2, 0) is 9.47 Å². The van der Waals surface area contributed by atoms with Gasteiger partial charge in [-0.25, -0.2) is 22.8 Å². The second-order valence-corrected chi connectivity index (χ2v) is 10.2. The average molecular weight is 601 g/mol. The molecule has 0 aromatic heterocycles. The standard InChI is InChI=1S/C32H41F5O5/c1-2-3-4-5-6-7-8-9-10-11-12-13-14-17-20-41-31(38)23-18-15-16-19-24(23)32(39)42-22-21-40-30-28(36)26(34)25(33)27(35)29(30)37/h15-16,18-19H,2-14,17,20-22H2,1H3. The predicted octanol–water partition coefficient (Wildman–Crippen LogP) is 9.26. The summed E-state index contributed by atoms with van der Waals surface area (Å²) < 4.78 is 81.9. The van der Waals surface area contributed by atoms with Gasteiger partial charge >= 0.3 is 11.9 Å². The van der Waals surface area contributed by atoms with Crippen LogP contribution in [0.15, 0.2) is 24.3 Å². The number of carbonyl (C=O) groups is 2. The molecule has 0 aliphatic rings. The van der Waals surface area contributed by atoms with Gasteiger partial charge in [-0.05, 0) is 18.6 Å². The number of ether oxygens (including phenoxy) is 3. The highest BCUT2D eigenvalue weighted by Gasteiger charge is 2.27. The van der Waals surface area contributed by atoms with Crippen molar-refractivity contribution in [3.8, 4) is 5.75 Å². The van der Waals surface area contributed by atoms with E-state index in [0.29, 0.717) is 6.42 Å². The zero-order valence-electron chi connectivity index (χ0n) is 24.3. The van der Waals surface area contributed by atoms with Gasteiger partial charge in [-0.2, -0.15) is 8.78 Å². The van der Waals surface area contributed by atoms with Crippen LogP contribution in [0.25, 0.3) is 0 Å². The van der Waals surface area contributed by atoms with Crippen molar-refractivity contribution in [1.29, 1.82) is 0 Å². The van der Waals surface area contributed by atoms with Gasteiger partial charge in [0.25, 0.3) is 0 Å². The largest absolute Gasteiger partial charge is 0.484 e. The van der Waals surface area contributed by atoms with Crippen molar-refractivity contribution in [3.63, 3.8) is 0 Å². The lowest BCUT2D eigenvalue weighted by atomic mass is 10.0. The summed E-state index contributed by atoms with van der Waals surface area (Å²) in [5.74, 6) is -14.0. The SMILES string of the molecule is CCCCCCCCCCCCCCCCOC(=O)c1ccccc1C(=O)OCCOc1c(F)c(F)c(F)c(F)c1F. The molecule has 42 heavy (non-hydrogen) atoms. The number of benzene rings is 2. The van der Waals surface area contributed by atoms with Gasteiger partial charge in [0.2, 0.25) is 29.1 Å². The van der Waals surface area contributed by atoms with Crippen molar-refractivity contribution in [2.45, 2.75) is 96.8 Å². The maximum atomic E-state index is 13.7. The molecule has 0 bridgehead atoms. The summed E-state index contributed by atoms with van der Waals surface area (Å²) in [7, 11) is 0. The van der Waals surface area contributed by atoms with Crippen LogP contribution >= 0.6 is 0 Å². The Bertz CT molecular complexity index is 1100. The first-order chi connectivity index (χ1) is 20.3. The minimum absolute atomic E-state index is 0.0199. The minimum atomic E-state index is -2.31. The summed E-state index contributed by atoms with van der Waals surface area (Å²) >= 11 is 0. The van der Waals surface area contributed by atoms with E-state index in [1.54, 1.807) is 6.07 Å². The van der Waals surface area contributed by atoms with Crippen LogP contribution in [-0.4, -0.2) is 31.8 Å². The maximum absolute atomic E-state index is 13.7. The molecule has 0 saturated heterocycles. The molecule has 2 aromatic carbocycles. The van der Waals surface area contributed by atoms with E-state index >= 15 is 0 Å². The molecular weight excluding hydrogens is 559 g/mol. The number of rotatable bonds is 21. The van der Waals surface area contributed by atoms with Crippen LogP contribution in [0.5, 0.6) is 5.75 Å². The van der Waals surface area contributed by atoms with Crippen molar-refractivity contribution in [2.24, 2.45) is 0 Å². The van der Waals surface area contributed by atoms with Gasteiger partial charge in [-0.3, -0.25) is 0 Å². The van der Waals surface area contributed by atoms with Crippen LogP contribution in [0.3, 0.4) is 0 Å². The Kier molecular flexibility index (Phi) is 16.6. The summed E-state index contributed by atoms with van der Waals surface area (Å²) in [5, 5.41) is 0. The molecule has 0 aliphatic heterocycles. The van der Waals surface area contributed by atoms with Gasteiger partial charge < -0.3 is 14.2 Å². The molecule has 0 heterocycles. The summed E-state index contributed by atoms with van der Waals surface area (Å²) in [6, 6.07) is 5.80. The number of unbranched alkanes of at least 4 members (excludes halogenated alkanes) is 13. The Balaban J connectivity index is 1.64. The molecule has 10 heteroatoms. The molecule has 2 rings (SSSR count). The number of esters is 2. The quantitative estimate of drug-likeness (QED) is 0.0470. The van der Waals surface area contributed by atoms with Gasteiger partial charge in [-0.15, -0.1) is 0 Å². The highest BCUT2D eigenvalue weighted by Crippen LogP contribution is 2.29. The third-order valence-corrected chi connectivity index (χ3v) is 6.83. The van der Waals surface area contributed by atoms with E-state index in [1.807, 2.05) is 0 Å². The van der Waals surface area contributed by atoms with E-state index in [9.17, 15) is 31.5 Å². The van der Waals surface area contributed by atoms with Gasteiger partial charge in [0.05, 0.1) is 17.7 Å². The van der Waals surface area contributed by atoms with Gasteiger partial charge in [0, 0.05) is 0 Å². The normalized spacial score (nSPS) is 11.0. The van der Waals surface area contributed by atoms with E-state index in [2.05, 4.69) is 11.7 Å². The summed E-state index contributed by atoms with van der Waals surface area (Å²) in [6.45, 7) is 1.15. The Morgan fingerprint density at radius 1 is 0.524 bits per heavy atom. The summed E-state index contributed by atoms with van der Waals surface area (Å²) in [4.78, 5) is 25.0. The molecule has 0 radical (unpaired) electrons. The van der Waals surface area contributed by atoms with Crippen molar-refractivity contribution in [1.82, 2.24) is 0 Å². The zero-order chi connectivity index (χ0) is 30.7. The van der Waals surface area contributed by atoms with Crippen molar-refractivity contribution >= 4 is 11.9 Å². The number of halogens is 5. The first-order valence-electron chi connectivity index (χ1n) is 14.9. The molecule has 5 nitrogen and oxygen atoms in total. The van der Waals surface area contributed by atoms with Crippen LogP contribution in [0, 0.1) is 29.1 Å². The highest BCUT2D eigenvalue weighted by atomic mass is 19.2. The Morgan fingerprint density at radius 2 is 0.905 bits per heavy atom. The fourth-order valence-electron chi connectivity index (χ4n) is 4.45. The molecule has 2 aromatic rings. The Labute approximate surface area is 244 Å². The predicted molar refractivity (Wildman–Crippen MR) is 149 cm³/mol. The average Bonchev–Trinajstić information content (AvgIpc) is 3.00. The van der Waals surface area contributed by atoms with E-state index in [-0.39, 0.29) is 17.7 Å². The summed E-state index contributed by atoms with van der Waals surface area (Å²) in [6.07, 6.45) is 16.9. The maximum Gasteiger partial charge on any atom is 0.339 e. The molecule has 0 fully saturated rings. The first kappa shape index (κ1) is 35.0. The molecule has 234 valence electrons. The van der Waals surface area contributed by atoms with E-state index in [0.717, 1.165) is 19.3 Å². The molecular formula is C32H41F5O5. The topological polar surface area (TPSA) is 61.8 Å². The fourth-order valence-corrected chi connectivity index (χ4v) is 4.45. The lowest BCUT2D eigenvalue weighted by Gasteiger charge is -2.12. The lowest BCUT2D eigenvalue weighted by molar-refractivity contribution is 0.0418. The fraction of sp³-hybridized carbons (Fsp3) is 0.562. The molecule has 0 amide bonds. The number of hydrogen-bond acceptors (Lipinski definition) is 5. The van der Waals surface area contributed by atoms with Crippen molar-refractivity contribution in [3.05, 3.63) is 64.5 Å². The van der Waals surface area contributed by atoms with Gasteiger partial charge in [0.1, 0.15) is 13.2 Å². The van der Waals surface area contributed by atoms with Crippen LogP contribution in [0.4, 0.5) is 22.0 Å². The third kappa shape index (κ3) is 11.6. The second-order valence-electron chi connectivity index (χ2n) is 10.2. The monoisotopic (exact) mass is 600 g/mol. The molecule has 0 atom stereocenters. The zero-order valence-corrected chi connectivity index (χ0v) is 24.3. The number of carbonyl (C=O) groups excluding carboxylic acids is 2. The first-order valence-corrected chi connectivity index (χ1v) is 14.9. The molecule has 0 unspecified atom stereocenters. The third-order valence-electron chi connectivity index (χ3n) is 6.83. The van der Waals surface area contributed by atoms with Crippen molar-refractivity contribution < 1.29 is 45.8 Å². The van der Waals surface area contributed by atoms with E-state index in [4.69, 9.17) is 9.47 Å². The molecule has 0 saturated carbocycles. The minimum Gasteiger partial charge on any atom is -0.484 e. The van der Waals surface area contributed by atoms with Gasteiger partial charge in [0.15, 0.2) is 5.75 Å². The summed E-state index contributed by atoms with van der Waals surface area (Å²) in [5.41, 5.74) is -0.117. The lowest BCUT2D eigenvalue weighted by Crippen LogP contribution is -2.17. The molecule has 0 aliphatic carbocycles. The second kappa shape index (κ2) is 19.9. The van der Waals surface area contributed by atoms with E-state index < -0.39 is 60.0 Å². The van der Waals surface area contributed by atoms with E-state index in [1.165, 1.54) is 82.4 Å². The van der Waals surface area contributed by atoms with Crippen LogP contribution in [0.2, 0.25) is 0 Å². The smallest absolute Gasteiger partial charge is 0.339 e. The highest BCUT2D eigenvalue weighted by molar-refractivity contribution is 6.03. The Morgan fingerprint density at radius 3 is 1.36 bits per heavy atom. The molecule has 0 spiro atoms.